The SMILES string of the molecule is CC1(C(=O)O)CC(C(=O)O)=CC=C1c1cc(C(F)(F)F)cc(C(F)(F)F)c1. The Hall–Kier alpha value is -2.78. The molecule has 1 aliphatic rings. The predicted octanol–water partition coefficient (Wildman–Crippen LogP) is 4.61. The van der Waals surface area contributed by atoms with E-state index in [9.17, 15) is 41.0 Å². The maximum atomic E-state index is 13.0. The lowest BCUT2D eigenvalue weighted by atomic mass is 9.71. The number of rotatable bonds is 3. The molecule has 0 bridgehead atoms. The highest BCUT2D eigenvalue weighted by Gasteiger charge is 2.43. The second kappa shape index (κ2) is 6.43. The molecule has 0 aliphatic heterocycles. The van der Waals surface area contributed by atoms with Crippen LogP contribution < -0.4 is 0 Å². The number of benzene rings is 1. The number of hydrogen-bond donors (Lipinski definition) is 2. The van der Waals surface area contributed by atoms with Crippen molar-refractivity contribution < 1.29 is 46.1 Å². The van der Waals surface area contributed by atoms with Gasteiger partial charge in [-0.1, -0.05) is 12.2 Å². The molecule has 0 saturated carbocycles. The van der Waals surface area contributed by atoms with Gasteiger partial charge in [0.05, 0.1) is 16.5 Å². The number of halogens is 6. The number of hydrogen-bond acceptors (Lipinski definition) is 2. The van der Waals surface area contributed by atoms with Crippen molar-refractivity contribution in [2.45, 2.75) is 25.7 Å². The number of aliphatic carboxylic acids is 2. The van der Waals surface area contributed by atoms with Gasteiger partial charge in [-0.05, 0) is 42.7 Å². The Balaban J connectivity index is 2.77. The molecule has 1 atom stereocenters. The van der Waals surface area contributed by atoms with Gasteiger partial charge >= 0.3 is 24.3 Å². The zero-order chi connectivity index (χ0) is 20.8. The van der Waals surface area contributed by atoms with E-state index in [0.717, 1.165) is 19.1 Å². The summed E-state index contributed by atoms with van der Waals surface area (Å²) >= 11 is 0. The van der Waals surface area contributed by atoms with Gasteiger partial charge in [-0.2, -0.15) is 26.3 Å². The molecule has 1 aromatic carbocycles. The van der Waals surface area contributed by atoms with E-state index in [1.807, 2.05) is 0 Å². The molecule has 2 N–H and O–H groups in total. The van der Waals surface area contributed by atoms with Crippen LogP contribution >= 0.6 is 0 Å². The second-order valence-electron chi connectivity index (χ2n) is 6.19. The van der Waals surface area contributed by atoms with Crippen LogP contribution in [0.3, 0.4) is 0 Å². The average molecular weight is 394 g/mol. The van der Waals surface area contributed by atoms with Crippen molar-refractivity contribution >= 4 is 17.5 Å². The molecule has 4 nitrogen and oxygen atoms in total. The lowest BCUT2D eigenvalue weighted by Gasteiger charge is -2.31. The molecule has 0 fully saturated rings. The molecule has 1 aromatic rings. The van der Waals surface area contributed by atoms with Crippen LogP contribution in [0.5, 0.6) is 0 Å². The topological polar surface area (TPSA) is 74.6 Å². The van der Waals surface area contributed by atoms with Gasteiger partial charge in [0.15, 0.2) is 0 Å². The normalized spacial score (nSPS) is 20.7. The van der Waals surface area contributed by atoms with Crippen molar-refractivity contribution in [2.24, 2.45) is 5.41 Å². The molecular weight excluding hydrogens is 382 g/mol. The van der Waals surface area contributed by atoms with Crippen LogP contribution in [-0.4, -0.2) is 22.2 Å². The molecule has 2 rings (SSSR count). The Kier molecular flexibility index (Phi) is 4.89. The first-order chi connectivity index (χ1) is 12.2. The fourth-order valence-corrected chi connectivity index (χ4v) is 2.77. The molecule has 27 heavy (non-hydrogen) atoms. The second-order valence-corrected chi connectivity index (χ2v) is 6.19. The third-order valence-electron chi connectivity index (χ3n) is 4.24. The first kappa shape index (κ1) is 20.5. The number of carbonyl (C=O) groups is 2. The maximum absolute atomic E-state index is 13.0. The van der Waals surface area contributed by atoms with Gasteiger partial charge in [0, 0.05) is 5.57 Å². The zero-order valence-corrected chi connectivity index (χ0v) is 13.6. The molecule has 0 aromatic heterocycles. The predicted molar refractivity (Wildman–Crippen MR) is 80.5 cm³/mol. The maximum Gasteiger partial charge on any atom is 0.416 e. The standard InChI is InChI=1S/C17H12F6O4/c1-15(14(26)27)7-8(13(24)25)2-3-12(15)9-4-10(16(18,19)20)6-11(5-9)17(21,22)23/h2-6H,7H2,1H3,(H,24,25)(H,26,27). The number of carboxylic acids is 2. The molecule has 0 heterocycles. The molecule has 146 valence electrons. The van der Waals surface area contributed by atoms with Crippen molar-refractivity contribution in [3.05, 3.63) is 52.6 Å². The van der Waals surface area contributed by atoms with Crippen molar-refractivity contribution in [1.82, 2.24) is 0 Å². The largest absolute Gasteiger partial charge is 0.481 e. The van der Waals surface area contributed by atoms with Gasteiger partial charge in [-0.15, -0.1) is 0 Å². The van der Waals surface area contributed by atoms with E-state index in [1.165, 1.54) is 0 Å². The average Bonchev–Trinajstić information content (AvgIpc) is 2.52. The van der Waals surface area contributed by atoms with Crippen LogP contribution in [0.2, 0.25) is 0 Å². The Morgan fingerprint density at radius 2 is 1.41 bits per heavy atom. The molecule has 1 aliphatic carbocycles. The van der Waals surface area contributed by atoms with E-state index in [4.69, 9.17) is 5.11 Å². The van der Waals surface area contributed by atoms with Crippen molar-refractivity contribution in [3.8, 4) is 0 Å². The fraction of sp³-hybridized carbons (Fsp3) is 0.294. The number of allylic oxidation sites excluding steroid dienone is 2. The summed E-state index contributed by atoms with van der Waals surface area (Å²) < 4.78 is 78.2. The summed E-state index contributed by atoms with van der Waals surface area (Å²) in [7, 11) is 0. The van der Waals surface area contributed by atoms with Crippen LogP contribution in [0.1, 0.15) is 30.0 Å². The van der Waals surface area contributed by atoms with Crippen molar-refractivity contribution in [3.63, 3.8) is 0 Å². The van der Waals surface area contributed by atoms with Gasteiger partial charge in [0.2, 0.25) is 0 Å². The van der Waals surface area contributed by atoms with E-state index < -0.39 is 52.8 Å². The summed E-state index contributed by atoms with van der Waals surface area (Å²) in [6, 6.07) is 0.771. The van der Waals surface area contributed by atoms with E-state index in [-0.39, 0.29) is 17.2 Å². The molecule has 1 unspecified atom stereocenters. The zero-order valence-electron chi connectivity index (χ0n) is 13.6. The molecule has 0 amide bonds. The molecule has 0 saturated heterocycles. The number of alkyl halides is 6. The van der Waals surface area contributed by atoms with Crippen LogP contribution in [-0.2, 0) is 21.9 Å². The highest BCUT2D eigenvalue weighted by Crippen LogP contribution is 2.46. The summed E-state index contributed by atoms with van der Waals surface area (Å²) in [6.45, 7) is 1.05. The molecule has 0 spiro atoms. The smallest absolute Gasteiger partial charge is 0.416 e. The Bertz CT molecular complexity index is 831. The Morgan fingerprint density at radius 1 is 0.926 bits per heavy atom. The van der Waals surface area contributed by atoms with Gasteiger partial charge in [-0.3, -0.25) is 4.79 Å². The first-order valence-corrected chi connectivity index (χ1v) is 7.34. The minimum absolute atomic E-state index is 0.0660. The van der Waals surface area contributed by atoms with E-state index in [2.05, 4.69) is 0 Å². The fourth-order valence-electron chi connectivity index (χ4n) is 2.77. The van der Waals surface area contributed by atoms with E-state index in [0.29, 0.717) is 12.1 Å². The molecule has 0 radical (unpaired) electrons. The van der Waals surface area contributed by atoms with Crippen LogP contribution in [0.25, 0.3) is 5.57 Å². The highest BCUT2D eigenvalue weighted by atomic mass is 19.4. The van der Waals surface area contributed by atoms with E-state index >= 15 is 0 Å². The Morgan fingerprint density at radius 3 is 1.78 bits per heavy atom. The van der Waals surface area contributed by atoms with Crippen LogP contribution in [0, 0.1) is 5.41 Å². The van der Waals surface area contributed by atoms with E-state index in [1.54, 1.807) is 0 Å². The summed E-state index contributed by atoms with van der Waals surface area (Å²) in [5.74, 6) is -3.01. The van der Waals surface area contributed by atoms with Crippen LogP contribution in [0.4, 0.5) is 26.3 Å². The first-order valence-electron chi connectivity index (χ1n) is 7.34. The minimum Gasteiger partial charge on any atom is -0.481 e. The van der Waals surface area contributed by atoms with Gasteiger partial charge < -0.3 is 10.2 Å². The lowest BCUT2D eigenvalue weighted by molar-refractivity contribution is -0.145. The van der Waals surface area contributed by atoms with Gasteiger partial charge in [-0.25, -0.2) is 4.79 Å². The quantitative estimate of drug-likeness (QED) is 0.734. The summed E-state index contributed by atoms with van der Waals surface area (Å²) in [5.41, 5.74) is -6.47. The van der Waals surface area contributed by atoms with Gasteiger partial charge in [0.25, 0.3) is 0 Å². The van der Waals surface area contributed by atoms with Crippen molar-refractivity contribution in [1.29, 1.82) is 0 Å². The minimum atomic E-state index is -5.09. The third-order valence-corrected chi connectivity index (χ3v) is 4.24. The monoisotopic (exact) mass is 394 g/mol. The molecular formula is C17H12F6O4. The summed E-state index contributed by atoms with van der Waals surface area (Å²) in [5, 5.41) is 18.5. The summed E-state index contributed by atoms with van der Waals surface area (Å²) in [6.07, 6.45) is -8.88. The van der Waals surface area contributed by atoms with Gasteiger partial charge in [0.1, 0.15) is 0 Å². The summed E-state index contributed by atoms with van der Waals surface area (Å²) in [4.78, 5) is 22.8. The Labute approximate surface area is 148 Å². The molecule has 10 heteroatoms. The van der Waals surface area contributed by atoms with Crippen LogP contribution in [0.15, 0.2) is 35.9 Å². The lowest BCUT2D eigenvalue weighted by Crippen LogP contribution is -2.32. The number of carboxylic acid groups (broad SMARTS) is 2. The highest BCUT2D eigenvalue weighted by molar-refractivity contribution is 5.98. The van der Waals surface area contributed by atoms with Crippen molar-refractivity contribution in [2.75, 3.05) is 0 Å². The third kappa shape index (κ3) is 3.99.